The van der Waals surface area contributed by atoms with Gasteiger partial charge in [0.25, 0.3) is 11.0 Å². The molecule has 29 heavy (non-hydrogen) atoms. The van der Waals surface area contributed by atoms with Crippen molar-refractivity contribution in [2.75, 3.05) is 13.2 Å². The lowest BCUT2D eigenvalue weighted by molar-refractivity contribution is -0.757. The van der Waals surface area contributed by atoms with Crippen LogP contribution >= 0.6 is 0 Å². The maximum absolute atomic E-state index is 12.4. The van der Waals surface area contributed by atoms with Gasteiger partial charge in [0.05, 0.1) is 11.3 Å². The molecule has 0 radical (unpaired) electrons. The minimum absolute atomic E-state index is 0.0431. The van der Waals surface area contributed by atoms with E-state index in [1.807, 2.05) is 0 Å². The van der Waals surface area contributed by atoms with Crippen LogP contribution in [0.1, 0.15) is 33.3 Å². The molecule has 0 aliphatic heterocycles. The first-order chi connectivity index (χ1) is 13.9. The van der Waals surface area contributed by atoms with E-state index in [4.69, 9.17) is 9.47 Å². The molecular weight excluding hydrogens is 386 g/mol. The summed E-state index contributed by atoms with van der Waals surface area (Å²) in [5.74, 6) is -1.86. The predicted molar refractivity (Wildman–Crippen MR) is 96.4 cm³/mol. The summed E-state index contributed by atoms with van der Waals surface area (Å²) in [5.41, 5.74) is 0.356. The molecule has 2 rings (SSSR count). The molecule has 0 aliphatic carbocycles. The van der Waals surface area contributed by atoms with Gasteiger partial charge in [0.15, 0.2) is 0 Å². The smallest absolute Gasteiger partial charge is 0.342 e. The molecule has 1 N–H and O–H groups in total. The van der Waals surface area contributed by atoms with E-state index in [0.29, 0.717) is 0 Å². The number of hydrogen-bond donors (Lipinski definition) is 1. The number of nitrogens with zero attached hydrogens (tertiary/aromatic N) is 2. The fourth-order valence-electron chi connectivity index (χ4n) is 2.23. The van der Waals surface area contributed by atoms with Crippen LogP contribution in [-0.2, 0) is 21.0 Å². The van der Waals surface area contributed by atoms with Gasteiger partial charge in [-0.15, -0.1) is 10.1 Å². The van der Waals surface area contributed by atoms with E-state index in [-0.39, 0.29) is 42.3 Å². The van der Waals surface area contributed by atoms with E-state index in [1.165, 1.54) is 37.4 Å². The van der Waals surface area contributed by atoms with Crippen LogP contribution in [0.4, 0.5) is 0 Å². The minimum Gasteiger partial charge on any atom is -0.455 e. The van der Waals surface area contributed by atoms with Gasteiger partial charge in [0, 0.05) is 19.7 Å². The fourth-order valence-corrected chi connectivity index (χ4v) is 2.23. The molecule has 0 atom stereocenters. The third-order valence-electron chi connectivity index (χ3n) is 3.42. The highest BCUT2D eigenvalue weighted by atomic mass is 16.9. The SMILES string of the molecule is CC(=O)Oc1ccccc1C(=O)OCc1ncccc1C(=O)NCCO[N+](=O)[O-]. The number of aromatic nitrogens is 1. The van der Waals surface area contributed by atoms with E-state index in [2.05, 4.69) is 15.1 Å². The number of carbonyl (C=O) groups excluding carboxylic acids is 3. The Labute approximate surface area is 164 Å². The molecular formula is C18H17N3O8. The number of esters is 2. The summed E-state index contributed by atoms with van der Waals surface area (Å²) in [6.45, 7) is 0.486. The summed E-state index contributed by atoms with van der Waals surface area (Å²) >= 11 is 0. The summed E-state index contributed by atoms with van der Waals surface area (Å²) in [5, 5.41) is 11.6. The van der Waals surface area contributed by atoms with Crippen molar-refractivity contribution in [2.24, 2.45) is 0 Å². The Hall–Kier alpha value is -4.02. The lowest BCUT2D eigenvalue weighted by Gasteiger charge is -2.11. The predicted octanol–water partition coefficient (Wildman–Crippen LogP) is 1.30. The third kappa shape index (κ3) is 6.57. The lowest BCUT2D eigenvalue weighted by Crippen LogP contribution is -2.29. The first kappa shape index (κ1) is 21.3. The second kappa shape index (κ2) is 10.3. The molecule has 0 unspecified atom stereocenters. The molecule has 1 amide bonds. The highest BCUT2D eigenvalue weighted by Crippen LogP contribution is 2.20. The maximum Gasteiger partial charge on any atom is 0.342 e. The fraction of sp³-hybridized carbons (Fsp3) is 0.222. The van der Waals surface area contributed by atoms with Crippen LogP contribution in [0.2, 0.25) is 0 Å². The monoisotopic (exact) mass is 403 g/mol. The van der Waals surface area contributed by atoms with Gasteiger partial charge in [-0.3, -0.25) is 14.6 Å². The van der Waals surface area contributed by atoms with Crippen LogP contribution in [0.15, 0.2) is 42.6 Å². The number of hydrogen-bond acceptors (Lipinski definition) is 9. The summed E-state index contributed by atoms with van der Waals surface area (Å²) < 4.78 is 10.2. The first-order valence-corrected chi connectivity index (χ1v) is 8.32. The molecule has 0 aliphatic rings. The molecule has 11 heteroatoms. The van der Waals surface area contributed by atoms with Crippen molar-refractivity contribution in [3.63, 3.8) is 0 Å². The Morgan fingerprint density at radius 3 is 2.59 bits per heavy atom. The Kier molecular flexibility index (Phi) is 7.59. The molecule has 152 valence electrons. The molecule has 1 aromatic carbocycles. The van der Waals surface area contributed by atoms with E-state index in [9.17, 15) is 24.5 Å². The maximum atomic E-state index is 12.4. The summed E-state index contributed by atoms with van der Waals surface area (Å²) in [6, 6.07) is 9.04. The summed E-state index contributed by atoms with van der Waals surface area (Å²) in [7, 11) is 0. The number of amides is 1. The average Bonchev–Trinajstić information content (AvgIpc) is 2.69. The van der Waals surface area contributed by atoms with Gasteiger partial charge < -0.3 is 19.6 Å². The minimum atomic E-state index is -0.964. The van der Waals surface area contributed by atoms with E-state index < -0.39 is 22.9 Å². The number of pyridine rings is 1. The largest absolute Gasteiger partial charge is 0.455 e. The normalized spacial score (nSPS) is 9.97. The van der Waals surface area contributed by atoms with Crippen molar-refractivity contribution in [1.29, 1.82) is 0 Å². The van der Waals surface area contributed by atoms with Crippen LogP contribution in [0.5, 0.6) is 5.75 Å². The van der Waals surface area contributed by atoms with E-state index >= 15 is 0 Å². The van der Waals surface area contributed by atoms with E-state index in [1.54, 1.807) is 12.1 Å². The van der Waals surface area contributed by atoms with Gasteiger partial charge in [-0.2, -0.15) is 0 Å². The van der Waals surface area contributed by atoms with Crippen LogP contribution in [0, 0.1) is 10.1 Å². The Bertz CT molecular complexity index is 915. The molecule has 0 saturated carbocycles. The second-order valence-electron chi connectivity index (χ2n) is 5.48. The van der Waals surface area contributed by atoms with Crippen molar-refractivity contribution >= 4 is 17.8 Å². The molecule has 0 fully saturated rings. The molecule has 0 saturated heterocycles. The van der Waals surface area contributed by atoms with Gasteiger partial charge in [-0.05, 0) is 24.3 Å². The van der Waals surface area contributed by atoms with Crippen molar-refractivity contribution < 1.29 is 33.8 Å². The van der Waals surface area contributed by atoms with Gasteiger partial charge in [-0.1, -0.05) is 12.1 Å². The van der Waals surface area contributed by atoms with Crippen LogP contribution in [0.25, 0.3) is 0 Å². The Morgan fingerprint density at radius 2 is 1.86 bits per heavy atom. The number of rotatable bonds is 9. The Balaban J connectivity index is 2.03. The summed E-state index contributed by atoms with van der Waals surface area (Å²) in [6.07, 6.45) is 1.42. The number of ether oxygens (including phenoxy) is 2. The molecule has 0 bridgehead atoms. The number of nitrogens with one attached hydrogen (secondary N) is 1. The van der Waals surface area contributed by atoms with Crippen molar-refractivity contribution in [3.05, 3.63) is 69.5 Å². The quantitative estimate of drug-likeness (QED) is 0.215. The van der Waals surface area contributed by atoms with E-state index in [0.717, 1.165) is 0 Å². The topological polar surface area (TPSA) is 147 Å². The third-order valence-corrected chi connectivity index (χ3v) is 3.42. The molecule has 0 spiro atoms. The van der Waals surface area contributed by atoms with Gasteiger partial charge >= 0.3 is 11.9 Å². The first-order valence-electron chi connectivity index (χ1n) is 8.32. The van der Waals surface area contributed by atoms with Crippen molar-refractivity contribution in [1.82, 2.24) is 10.3 Å². The number of benzene rings is 1. The zero-order chi connectivity index (χ0) is 21.2. The number of para-hydroxylation sites is 1. The molecule has 1 aromatic heterocycles. The average molecular weight is 403 g/mol. The highest BCUT2D eigenvalue weighted by molar-refractivity contribution is 5.95. The zero-order valence-electron chi connectivity index (χ0n) is 15.3. The van der Waals surface area contributed by atoms with Crippen LogP contribution in [0.3, 0.4) is 0 Å². The van der Waals surface area contributed by atoms with Gasteiger partial charge in [0.2, 0.25) is 0 Å². The standard InChI is InChI=1S/C18H17N3O8/c1-12(22)29-16-7-3-2-5-14(16)18(24)27-11-15-13(6-4-8-19-15)17(23)20-9-10-28-21(25)26/h2-8H,9-11H2,1H3,(H,20,23). The van der Waals surface area contributed by atoms with Gasteiger partial charge in [-0.25, -0.2) is 4.79 Å². The second-order valence-corrected chi connectivity index (χ2v) is 5.48. The molecule has 11 nitrogen and oxygen atoms in total. The highest BCUT2D eigenvalue weighted by Gasteiger charge is 2.18. The van der Waals surface area contributed by atoms with Crippen LogP contribution < -0.4 is 10.1 Å². The zero-order valence-corrected chi connectivity index (χ0v) is 15.3. The Morgan fingerprint density at radius 1 is 1.14 bits per heavy atom. The molecule has 2 aromatic rings. The summed E-state index contributed by atoms with van der Waals surface area (Å²) in [4.78, 5) is 54.0. The van der Waals surface area contributed by atoms with Crippen LogP contribution in [-0.4, -0.2) is 41.1 Å². The number of carbonyl (C=O) groups is 3. The van der Waals surface area contributed by atoms with Crippen molar-refractivity contribution in [3.8, 4) is 5.75 Å². The molecule has 1 heterocycles. The van der Waals surface area contributed by atoms with Crippen molar-refractivity contribution in [2.45, 2.75) is 13.5 Å². The lowest BCUT2D eigenvalue weighted by atomic mass is 10.2. The van der Waals surface area contributed by atoms with Gasteiger partial charge in [0.1, 0.15) is 24.5 Å².